The fourth-order valence-electron chi connectivity index (χ4n) is 2.49. The number of hydrogen-bond acceptors (Lipinski definition) is 3. The van der Waals surface area contributed by atoms with Gasteiger partial charge in [-0.2, -0.15) is 0 Å². The molecule has 0 aliphatic heterocycles. The monoisotopic (exact) mass is 297 g/mol. The third kappa shape index (κ3) is 3.22. The van der Waals surface area contributed by atoms with Gasteiger partial charge in [-0.3, -0.25) is 4.79 Å². The van der Waals surface area contributed by atoms with Crippen molar-refractivity contribution in [2.24, 2.45) is 0 Å². The number of ether oxygens (including phenoxy) is 2. The molecule has 1 saturated carbocycles. The molecule has 0 heterocycles. The topological polar surface area (TPSA) is 47.6 Å². The van der Waals surface area contributed by atoms with E-state index in [0.717, 1.165) is 24.2 Å². The Kier molecular flexibility index (Phi) is 4.00. The predicted octanol–water partition coefficient (Wildman–Crippen LogP) is 2.88. The van der Waals surface area contributed by atoms with E-state index in [0.29, 0.717) is 5.75 Å². The van der Waals surface area contributed by atoms with Crippen LogP contribution in [-0.2, 0) is 10.3 Å². The van der Waals surface area contributed by atoms with Crippen LogP contribution in [0.1, 0.15) is 18.4 Å². The molecule has 3 rings (SSSR count). The third-order valence-corrected chi connectivity index (χ3v) is 3.88. The lowest BCUT2D eigenvalue weighted by Gasteiger charge is -2.18. The van der Waals surface area contributed by atoms with Crippen LogP contribution < -0.4 is 14.8 Å². The summed E-state index contributed by atoms with van der Waals surface area (Å²) >= 11 is 0. The summed E-state index contributed by atoms with van der Waals surface area (Å²) in [5.41, 5.74) is 0.880. The van der Waals surface area contributed by atoms with Crippen molar-refractivity contribution in [1.82, 2.24) is 5.32 Å². The Labute approximate surface area is 130 Å². The number of amides is 1. The van der Waals surface area contributed by atoms with E-state index < -0.39 is 0 Å². The van der Waals surface area contributed by atoms with Crippen LogP contribution in [0.15, 0.2) is 54.6 Å². The van der Waals surface area contributed by atoms with Gasteiger partial charge in [0.05, 0.1) is 12.6 Å². The van der Waals surface area contributed by atoms with Gasteiger partial charge in [-0.25, -0.2) is 0 Å². The summed E-state index contributed by atoms with van der Waals surface area (Å²) in [7, 11) is 1.64. The summed E-state index contributed by atoms with van der Waals surface area (Å²) in [5.74, 6) is 1.42. The van der Waals surface area contributed by atoms with E-state index >= 15 is 0 Å². The summed E-state index contributed by atoms with van der Waals surface area (Å²) in [6, 6.07) is 17.2. The molecule has 1 fully saturated rings. The maximum atomic E-state index is 12.1. The molecule has 0 bridgehead atoms. The van der Waals surface area contributed by atoms with Gasteiger partial charge in [-0.05, 0) is 42.7 Å². The first-order valence-corrected chi connectivity index (χ1v) is 7.35. The second kappa shape index (κ2) is 6.10. The second-order valence-electron chi connectivity index (χ2n) is 5.46. The highest BCUT2D eigenvalue weighted by molar-refractivity contribution is 5.79. The molecule has 0 radical (unpaired) electrons. The largest absolute Gasteiger partial charge is 0.497 e. The standard InChI is InChI=1S/C18H19NO3/c1-21-15-9-7-14(8-10-15)18(11-12-18)19-17(20)13-22-16-5-3-2-4-6-16/h2-10H,11-13H2,1H3,(H,19,20). The highest BCUT2D eigenvalue weighted by atomic mass is 16.5. The molecular formula is C18H19NO3. The molecule has 22 heavy (non-hydrogen) atoms. The van der Waals surface area contributed by atoms with Crippen molar-refractivity contribution in [1.29, 1.82) is 0 Å². The normalized spacial score (nSPS) is 15.0. The molecule has 0 spiro atoms. The van der Waals surface area contributed by atoms with Gasteiger partial charge in [0.25, 0.3) is 5.91 Å². The number of hydrogen-bond donors (Lipinski definition) is 1. The van der Waals surface area contributed by atoms with Crippen LogP contribution in [0.5, 0.6) is 11.5 Å². The Balaban J connectivity index is 1.58. The van der Waals surface area contributed by atoms with Crippen LogP contribution in [0, 0.1) is 0 Å². The van der Waals surface area contributed by atoms with Gasteiger partial charge in [0.2, 0.25) is 0 Å². The van der Waals surface area contributed by atoms with Gasteiger partial charge >= 0.3 is 0 Å². The molecule has 1 aliphatic rings. The number of nitrogens with one attached hydrogen (secondary N) is 1. The lowest BCUT2D eigenvalue weighted by atomic mass is 10.0. The van der Waals surface area contributed by atoms with Crippen molar-refractivity contribution in [3.63, 3.8) is 0 Å². The second-order valence-corrected chi connectivity index (χ2v) is 5.46. The summed E-state index contributed by atoms with van der Waals surface area (Å²) in [5, 5.41) is 3.09. The molecule has 0 unspecified atom stereocenters. The summed E-state index contributed by atoms with van der Waals surface area (Å²) in [6.45, 7) is 0.0297. The Hall–Kier alpha value is -2.49. The maximum Gasteiger partial charge on any atom is 0.258 e. The zero-order valence-electron chi connectivity index (χ0n) is 12.5. The van der Waals surface area contributed by atoms with Gasteiger partial charge in [-0.15, -0.1) is 0 Å². The fourth-order valence-corrected chi connectivity index (χ4v) is 2.49. The van der Waals surface area contributed by atoms with Crippen molar-refractivity contribution >= 4 is 5.91 Å². The molecular weight excluding hydrogens is 278 g/mol. The van der Waals surface area contributed by atoms with Crippen molar-refractivity contribution < 1.29 is 14.3 Å². The van der Waals surface area contributed by atoms with Crippen molar-refractivity contribution in [3.8, 4) is 11.5 Å². The summed E-state index contributed by atoms with van der Waals surface area (Å²) in [4.78, 5) is 12.1. The number of carbonyl (C=O) groups is 1. The van der Waals surface area contributed by atoms with Crippen molar-refractivity contribution in [2.75, 3.05) is 13.7 Å². The zero-order chi connectivity index (χ0) is 15.4. The Morgan fingerprint density at radius 3 is 2.32 bits per heavy atom. The van der Waals surface area contributed by atoms with Gasteiger partial charge in [-0.1, -0.05) is 30.3 Å². The van der Waals surface area contributed by atoms with E-state index in [2.05, 4.69) is 5.32 Å². The zero-order valence-corrected chi connectivity index (χ0v) is 12.5. The average molecular weight is 297 g/mol. The van der Waals surface area contributed by atoms with Crippen molar-refractivity contribution in [3.05, 3.63) is 60.2 Å². The number of benzene rings is 2. The molecule has 0 aromatic heterocycles. The summed E-state index contributed by atoms with van der Waals surface area (Å²) in [6.07, 6.45) is 1.91. The lowest BCUT2D eigenvalue weighted by molar-refractivity contribution is -0.124. The minimum absolute atomic E-state index is 0.0297. The smallest absolute Gasteiger partial charge is 0.258 e. The van der Waals surface area contributed by atoms with Gasteiger partial charge in [0.15, 0.2) is 6.61 Å². The van der Waals surface area contributed by atoms with Gasteiger partial charge in [0, 0.05) is 0 Å². The highest BCUT2D eigenvalue weighted by Crippen LogP contribution is 2.45. The minimum Gasteiger partial charge on any atom is -0.497 e. The van der Waals surface area contributed by atoms with E-state index in [1.54, 1.807) is 7.11 Å². The maximum absolute atomic E-state index is 12.1. The number of methoxy groups -OCH3 is 1. The molecule has 4 heteroatoms. The number of rotatable bonds is 6. The van der Waals surface area contributed by atoms with Gasteiger partial charge < -0.3 is 14.8 Å². The molecule has 0 saturated heterocycles. The SMILES string of the molecule is COc1ccc(C2(NC(=O)COc3ccccc3)CC2)cc1. The average Bonchev–Trinajstić information content (AvgIpc) is 3.35. The van der Waals surface area contributed by atoms with Gasteiger partial charge in [0.1, 0.15) is 11.5 Å². The molecule has 1 amide bonds. The highest BCUT2D eigenvalue weighted by Gasteiger charge is 2.45. The molecule has 2 aromatic rings. The van der Waals surface area contributed by atoms with Crippen LogP contribution in [0.2, 0.25) is 0 Å². The Morgan fingerprint density at radius 2 is 1.73 bits per heavy atom. The van der Waals surface area contributed by atoms with Crippen LogP contribution >= 0.6 is 0 Å². The van der Waals surface area contributed by atoms with E-state index in [1.807, 2.05) is 54.6 Å². The lowest BCUT2D eigenvalue weighted by Crippen LogP contribution is -2.38. The Bertz CT molecular complexity index is 633. The number of carbonyl (C=O) groups excluding carboxylic acids is 1. The third-order valence-electron chi connectivity index (χ3n) is 3.88. The molecule has 1 N–H and O–H groups in total. The van der Waals surface area contributed by atoms with Crippen molar-refractivity contribution in [2.45, 2.75) is 18.4 Å². The van der Waals surface area contributed by atoms with E-state index in [9.17, 15) is 4.79 Å². The van der Waals surface area contributed by atoms with Crippen LogP contribution in [0.25, 0.3) is 0 Å². The van der Waals surface area contributed by atoms with E-state index in [1.165, 1.54) is 0 Å². The summed E-state index contributed by atoms with van der Waals surface area (Å²) < 4.78 is 10.6. The minimum atomic E-state index is -0.233. The van der Waals surface area contributed by atoms with E-state index in [-0.39, 0.29) is 18.1 Å². The first-order chi connectivity index (χ1) is 10.7. The molecule has 2 aromatic carbocycles. The fraction of sp³-hybridized carbons (Fsp3) is 0.278. The molecule has 1 aliphatic carbocycles. The van der Waals surface area contributed by atoms with E-state index in [4.69, 9.17) is 9.47 Å². The van der Waals surface area contributed by atoms with Crippen LogP contribution in [0.4, 0.5) is 0 Å². The number of para-hydroxylation sites is 1. The first kappa shape index (κ1) is 14.4. The Morgan fingerprint density at radius 1 is 1.05 bits per heavy atom. The molecule has 4 nitrogen and oxygen atoms in total. The molecule has 114 valence electrons. The van der Waals surface area contributed by atoms with Crippen LogP contribution in [0.3, 0.4) is 0 Å². The predicted molar refractivity (Wildman–Crippen MR) is 84.0 cm³/mol. The van der Waals surface area contributed by atoms with Crippen LogP contribution in [-0.4, -0.2) is 19.6 Å². The first-order valence-electron chi connectivity index (χ1n) is 7.35. The quantitative estimate of drug-likeness (QED) is 0.892. The molecule has 0 atom stereocenters.